The van der Waals surface area contributed by atoms with Gasteiger partial charge in [0.2, 0.25) is 5.82 Å². The fourth-order valence-electron chi connectivity index (χ4n) is 1.60. The Balaban J connectivity index is 2.18. The average molecular weight is 260 g/mol. The van der Waals surface area contributed by atoms with Gasteiger partial charge in [0.25, 0.3) is 0 Å². The van der Waals surface area contributed by atoms with Gasteiger partial charge in [-0.2, -0.15) is 27.8 Å². The number of hydrogen-bond donors (Lipinski definition) is 1. The average Bonchev–Trinajstić information content (AvgIpc) is 2.97. The third kappa shape index (κ3) is 1.86. The van der Waals surface area contributed by atoms with Crippen LogP contribution in [-0.4, -0.2) is 19.6 Å². The van der Waals surface area contributed by atoms with Crippen LogP contribution in [0.2, 0.25) is 0 Å². The molecule has 1 aliphatic carbocycles. The highest BCUT2D eigenvalue weighted by Crippen LogP contribution is 2.39. The van der Waals surface area contributed by atoms with E-state index >= 15 is 0 Å². The minimum Gasteiger partial charge on any atom is -0.205 e. The summed E-state index contributed by atoms with van der Waals surface area (Å²) < 4.78 is 38.7. The van der Waals surface area contributed by atoms with E-state index in [1.165, 1.54) is 4.52 Å². The Kier molecular flexibility index (Phi) is 2.13. The molecule has 0 N–H and O–H groups in total. The van der Waals surface area contributed by atoms with Crippen molar-refractivity contribution >= 4 is 18.3 Å². The van der Waals surface area contributed by atoms with Gasteiger partial charge in [0.05, 0.1) is 5.69 Å². The molecule has 8 heteroatoms. The number of rotatable bonds is 1. The van der Waals surface area contributed by atoms with Crippen molar-refractivity contribution in [3.63, 3.8) is 0 Å². The lowest BCUT2D eigenvalue weighted by atomic mass is 10.3. The number of hydrogen-bond acceptors (Lipinski definition) is 4. The first-order valence-corrected chi connectivity index (χ1v) is 5.44. The molecule has 0 amide bonds. The molecule has 0 atom stereocenters. The number of thiol groups is 1. The number of alkyl halides is 3. The Morgan fingerprint density at radius 3 is 2.59 bits per heavy atom. The quantitative estimate of drug-likeness (QED) is 0.800. The van der Waals surface area contributed by atoms with Crippen LogP contribution < -0.4 is 0 Å². The van der Waals surface area contributed by atoms with Crippen LogP contribution in [0.25, 0.3) is 5.65 Å². The van der Waals surface area contributed by atoms with Gasteiger partial charge in [-0.3, -0.25) is 0 Å². The normalized spacial score (nSPS) is 16.7. The predicted molar refractivity (Wildman–Crippen MR) is 55.0 cm³/mol. The van der Waals surface area contributed by atoms with Crippen molar-refractivity contribution in [3.05, 3.63) is 17.6 Å². The van der Waals surface area contributed by atoms with E-state index in [9.17, 15) is 13.2 Å². The molecule has 0 unspecified atom stereocenters. The molecular weight excluding hydrogens is 253 g/mol. The molecule has 90 valence electrons. The number of aromatic nitrogens is 4. The molecule has 4 nitrogen and oxygen atoms in total. The van der Waals surface area contributed by atoms with E-state index in [0.29, 0.717) is 5.92 Å². The summed E-state index contributed by atoms with van der Waals surface area (Å²) in [7, 11) is 0. The van der Waals surface area contributed by atoms with Gasteiger partial charge in [0.1, 0.15) is 0 Å². The Bertz CT molecular complexity index is 588. The first kappa shape index (κ1) is 10.8. The lowest BCUT2D eigenvalue weighted by molar-refractivity contribution is -0.145. The Labute approximate surface area is 99.3 Å². The molecule has 0 radical (unpaired) electrons. The van der Waals surface area contributed by atoms with E-state index < -0.39 is 12.0 Å². The van der Waals surface area contributed by atoms with Gasteiger partial charge in [-0.15, -0.1) is 12.6 Å². The van der Waals surface area contributed by atoms with Gasteiger partial charge >= 0.3 is 6.18 Å². The van der Waals surface area contributed by atoms with Crippen molar-refractivity contribution < 1.29 is 13.2 Å². The molecule has 0 aromatic carbocycles. The molecule has 0 spiro atoms. The third-order valence-corrected chi connectivity index (χ3v) is 2.86. The zero-order valence-corrected chi connectivity index (χ0v) is 9.33. The maximum Gasteiger partial charge on any atom is 0.451 e. The van der Waals surface area contributed by atoms with Crippen molar-refractivity contribution in [2.45, 2.75) is 30.1 Å². The van der Waals surface area contributed by atoms with E-state index in [-0.39, 0.29) is 10.8 Å². The Morgan fingerprint density at radius 1 is 1.29 bits per heavy atom. The van der Waals surface area contributed by atoms with Gasteiger partial charge in [0, 0.05) is 12.0 Å². The van der Waals surface area contributed by atoms with Crippen LogP contribution in [0.4, 0.5) is 13.2 Å². The third-order valence-electron chi connectivity index (χ3n) is 2.57. The summed E-state index contributed by atoms with van der Waals surface area (Å²) in [5, 5.41) is 4.04. The van der Waals surface area contributed by atoms with Gasteiger partial charge < -0.3 is 0 Å². The molecule has 0 saturated heterocycles. The summed E-state index contributed by atoms with van der Waals surface area (Å²) in [6.45, 7) is 0. The second-order valence-electron chi connectivity index (χ2n) is 3.96. The molecule has 1 saturated carbocycles. The van der Waals surface area contributed by atoms with Gasteiger partial charge in [-0.25, -0.2) is 4.98 Å². The molecule has 1 aliphatic rings. The van der Waals surface area contributed by atoms with Crippen molar-refractivity contribution in [2.24, 2.45) is 0 Å². The molecule has 1 fully saturated rings. The number of fused-ring (bicyclic) bond motifs is 1. The van der Waals surface area contributed by atoms with Crippen molar-refractivity contribution in [1.82, 2.24) is 19.6 Å². The fourth-order valence-corrected chi connectivity index (χ4v) is 1.84. The molecule has 2 heterocycles. The maximum atomic E-state index is 12.5. The second-order valence-corrected chi connectivity index (χ2v) is 4.36. The second kappa shape index (κ2) is 3.34. The lowest BCUT2D eigenvalue weighted by Gasteiger charge is -2.05. The number of halogens is 3. The monoisotopic (exact) mass is 260 g/mol. The Morgan fingerprint density at radius 2 is 2.00 bits per heavy atom. The zero-order valence-electron chi connectivity index (χ0n) is 8.44. The van der Waals surface area contributed by atoms with Crippen molar-refractivity contribution in [3.8, 4) is 0 Å². The molecular formula is C9H7F3N4S. The first-order valence-electron chi connectivity index (χ1n) is 4.99. The first-order chi connectivity index (χ1) is 7.95. The van der Waals surface area contributed by atoms with Crippen LogP contribution in [0.3, 0.4) is 0 Å². The lowest BCUT2D eigenvalue weighted by Crippen LogP contribution is -2.13. The van der Waals surface area contributed by atoms with Crippen LogP contribution in [-0.2, 0) is 6.18 Å². The number of nitrogens with zero attached hydrogens (tertiary/aromatic N) is 4. The fraction of sp³-hybridized carbons (Fsp3) is 0.444. The van der Waals surface area contributed by atoms with Gasteiger partial charge in [0.15, 0.2) is 10.8 Å². The van der Waals surface area contributed by atoms with Crippen molar-refractivity contribution in [2.75, 3.05) is 0 Å². The van der Waals surface area contributed by atoms with Crippen LogP contribution in [0, 0.1) is 0 Å². The van der Waals surface area contributed by atoms with Crippen LogP contribution in [0.1, 0.15) is 30.3 Å². The van der Waals surface area contributed by atoms with Crippen molar-refractivity contribution in [1.29, 1.82) is 0 Å². The highest BCUT2D eigenvalue weighted by Gasteiger charge is 2.36. The molecule has 2 aromatic heterocycles. The minimum atomic E-state index is -4.57. The van der Waals surface area contributed by atoms with Crippen LogP contribution >= 0.6 is 12.6 Å². The zero-order chi connectivity index (χ0) is 12.2. The summed E-state index contributed by atoms with van der Waals surface area (Å²) in [6.07, 6.45) is -2.53. The topological polar surface area (TPSA) is 43.1 Å². The summed E-state index contributed by atoms with van der Waals surface area (Å²) >= 11 is 3.90. The van der Waals surface area contributed by atoms with E-state index in [4.69, 9.17) is 0 Å². The van der Waals surface area contributed by atoms with Gasteiger partial charge in [-0.05, 0) is 12.8 Å². The molecule has 0 aliphatic heterocycles. The smallest absolute Gasteiger partial charge is 0.205 e. The van der Waals surface area contributed by atoms with E-state index in [2.05, 4.69) is 27.7 Å². The maximum absolute atomic E-state index is 12.5. The Hall–Kier alpha value is -1.31. The molecule has 2 aromatic rings. The SMILES string of the molecule is FC(F)(F)c1nc(S)n2nc(C3CC3)cc2n1. The van der Waals surface area contributed by atoms with Gasteiger partial charge in [-0.1, -0.05) is 0 Å². The standard InChI is InChI=1S/C9H7F3N4S/c10-9(11,12)7-13-6-3-5(4-1-2-4)15-16(6)8(17)14-7/h3-4H,1-2H2,(H,13,14,17). The van der Waals surface area contributed by atoms with E-state index in [1.54, 1.807) is 6.07 Å². The highest BCUT2D eigenvalue weighted by atomic mass is 32.1. The summed E-state index contributed by atoms with van der Waals surface area (Å²) in [4.78, 5) is 6.75. The van der Waals surface area contributed by atoms with E-state index in [0.717, 1.165) is 18.5 Å². The predicted octanol–water partition coefficient (Wildman–Crippen LogP) is 2.31. The summed E-state index contributed by atoms with van der Waals surface area (Å²) in [5.74, 6) is -0.837. The van der Waals surface area contributed by atoms with Crippen LogP contribution in [0.15, 0.2) is 11.2 Å². The van der Waals surface area contributed by atoms with Crippen LogP contribution in [0.5, 0.6) is 0 Å². The summed E-state index contributed by atoms with van der Waals surface area (Å²) in [6, 6.07) is 1.56. The molecule has 3 rings (SSSR count). The largest absolute Gasteiger partial charge is 0.451 e. The molecule has 17 heavy (non-hydrogen) atoms. The van der Waals surface area contributed by atoms with E-state index in [1.807, 2.05) is 0 Å². The molecule has 0 bridgehead atoms. The highest BCUT2D eigenvalue weighted by molar-refractivity contribution is 7.80. The minimum absolute atomic E-state index is 0.103. The summed E-state index contributed by atoms with van der Waals surface area (Å²) in [5.41, 5.74) is 0.896.